The number of carbonyl (C=O) groups excluding carboxylic acids is 2. The first-order chi connectivity index (χ1) is 8.13. The molecule has 0 spiro atoms. The summed E-state index contributed by atoms with van der Waals surface area (Å²) in [4.78, 5) is 21.4. The molecule has 0 bridgehead atoms. The predicted molar refractivity (Wildman–Crippen MR) is 61.1 cm³/mol. The molecular weight excluding hydrogens is 224 g/mol. The molecule has 0 amide bonds. The monoisotopic (exact) mass is 240 g/mol. The van der Waals surface area contributed by atoms with E-state index in [0.29, 0.717) is 12.8 Å². The van der Waals surface area contributed by atoms with Crippen molar-refractivity contribution in [2.75, 3.05) is 13.7 Å². The third-order valence-corrected chi connectivity index (χ3v) is 1.88. The zero-order valence-corrected chi connectivity index (χ0v) is 9.97. The number of methoxy groups -OCH3 is 1. The van der Waals surface area contributed by atoms with Gasteiger partial charge in [0.05, 0.1) is 7.11 Å². The number of rotatable bonds is 6. The fourth-order valence-corrected chi connectivity index (χ4v) is 0.975. The standard InChI is InChI=1S/C12H16O5/c1-4-10(17-11(13)5-2)8-6-7-9-16-12(14)15-3/h2,6-7,10H,4,8-9H2,1,3H3/b7-6-/t10-/m1/s1. The molecule has 0 aliphatic rings. The molecule has 0 rings (SSSR count). The second-order valence-corrected chi connectivity index (χ2v) is 3.05. The van der Waals surface area contributed by atoms with Crippen LogP contribution >= 0.6 is 0 Å². The second kappa shape index (κ2) is 9.28. The molecule has 0 aliphatic heterocycles. The Morgan fingerprint density at radius 2 is 2.12 bits per heavy atom. The van der Waals surface area contributed by atoms with Crippen LogP contribution in [0.5, 0.6) is 0 Å². The first-order valence-corrected chi connectivity index (χ1v) is 5.17. The van der Waals surface area contributed by atoms with Crippen LogP contribution in [0.2, 0.25) is 0 Å². The van der Waals surface area contributed by atoms with Crippen molar-refractivity contribution in [1.29, 1.82) is 0 Å². The molecule has 0 fully saturated rings. The number of esters is 1. The summed E-state index contributed by atoms with van der Waals surface area (Å²) >= 11 is 0. The molecule has 0 aromatic rings. The number of hydrogen-bond acceptors (Lipinski definition) is 5. The Balaban J connectivity index is 3.83. The molecule has 17 heavy (non-hydrogen) atoms. The highest BCUT2D eigenvalue weighted by molar-refractivity contribution is 5.87. The Morgan fingerprint density at radius 1 is 1.41 bits per heavy atom. The highest BCUT2D eigenvalue weighted by Crippen LogP contribution is 2.04. The topological polar surface area (TPSA) is 61.8 Å². The van der Waals surface area contributed by atoms with E-state index in [2.05, 4.69) is 9.47 Å². The van der Waals surface area contributed by atoms with Crippen LogP contribution < -0.4 is 0 Å². The Bertz CT molecular complexity index is 313. The highest BCUT2D eigenvalue weighted by atomic mass is 16.7. The van der Waals surface area contributed by atoms with Crippen molar-refractivity contribution >= 4 is 12.1 Å². The van der Waals surface area contributed by atoms with Crippen LogP contribution in [0.25, 0.3) is 0 Å². The summed E-state index contributed by atoms with van der Waals surface area (Å²) in [7, 11) is 1.23. The maximum atomic E-state index is 10.8. The zero-order valence-electron chi connectivity index (χ0n) is 9.97. The zero-order chi connectivity index (χ0) is 13.1. The SMILES string of the molecule is C#CC(=O)O[C@H](CC)C/C=C\COC(=O)OC. The minimum Gasteiger partial charge on any atom is -0.452 e. The second-order valence-electron chi connectivity index (χ2n) is 3.05. The molecule has 0 saturated carbocycles. The number of terminal acetylenes is 1. The average molecular weight is 240 g/mol. The van der Waals surface area contributed by atoms with E-state index in [-0.39, 0.29) is 12.7 Å². The first-order valence-electron chi connectivity index (χ1n) is 5.17. The lowest BCUT2D eigenvalue weighted by molar-refractivity contribution is -0.141. The summed E-state index contributed by atoms with van der Waals surface area (Å²) in [5.41, 5.74) is 0. The van der Waals surface area contributed by atoms with Crippen LogP contribution in [0, 0.1) is 12.3 Å². The summed E-state index contributed by atoms with van der Waals surface area (Å²) < 4.78 is 13.8. The number of carbonyl (C=O) groups is 2. The molecule has 0 radical (unpaired) electrons. The van der Waals surface area contributed by atoms with Crippen molar-refractivity contribution in [3.63, 3.8) is 0 Å². The van der Waals surface area contributed by atoms with Gasteiger partial charge in [0.1, 0.15) is 12.7 Å². The van der Waals surface area contributed by atoms with Gasteiger partial charge in [-0.25, -0.2) is 9.59 Å². The fourth-order valence-electron chi connectivity index (χ4n) is 0.975. The largest absolute Gasteiger partial charge is 0.508 e. The van der Waals surface area contributed by atoms with Gasteiger partial charge in [-0.15, -0.1) is 6.42 Å². The van der Waals surface area contributed by atoms with Gasteiger partial charge in [0, 0.05) is 12.3 Å². The predicted octanol–water partition coefficient (Wildman–Crippen LogP) is 1.67. The lowest BCUT2D eigenvalue weighted by atomic mass is 10.2. The molecular formula is C12H16O5. The summed E-state index contributed by atoms with van der Waals surface area (Å²) in [6, 6.07) is 0. The molecule has 0 aromatic carbocycles. The van der Waals surface area contributed by atoms with Gasteiger partial charge in [-0.1, -0.05) is 19.1 Å². The van der Waals surface area contributed by atoms with E-state index in [4.69, 9.17) is 11.2 Å². The van der Waals surface area contributed by atoms with Crippen LogP contribution in [-0.2, 0) is 19.0 Å². The maximum absolute atomic E-state index is 10.8. The molecule has 0 unspecified atom stereocenters. The van der Waals surface area contributed by atoms with Gasteiger partial charge < -0.3 is 14.2 Å². The van der Waals surface area contributed by atoms with Gasteiger partial charge in [-0.2, -0.15) is 0 Å². The third-order valence-electron chi connectivity index (χ3n) is 1.88. The summed E-state index contributed by atoms with van der Waals surface area (Å²) in [6.45, 7) is 2.00. The van der Waals surface area contributed by atoms with Crippen LogP contribution in [0.1, 0.15) is 19.8 Å². The molecule has 0 aromatic heterocycles. The van der Waals surface area contributed by atoms with E-state index in [1.165, 1.54) is 7.11 Å². The normalized spacial score (nSPS) is 11.6. The first kappa shape index (κ1) is 15.0. The summed E-state index contributed by atoms with van der Waals surface area (Å²) in [6.07, 6.45) is 8.47. The van der Waals surface area contributed by atoms with Crippen molar-refractivity contribution < 1.29 is 23.8 Å². The molecule has 5 heteroatoms. The molecule has 0 aliphatic carbocycles. The quantitative estimate of drug-likeness (QED) is 0.306. The third kappa shape index (κ3) is 7.91. The smallest absolute Gasteiger partial charge is 0.452 e. The van der Waals surface area contributed by atoms with Crippen molar-refractivity contribution in [3.8, 4) is 12.3 Å². The van der Waals surface area contributed by atoms with Crippen molar-refractivity contribution in [1.82, 2.24) is 0 Å². The van der Waals surface area contributed by atoms with Crippen LogP contribution in [0.3, 0.4) is 0 Å². The lowest BCUT2D eigenvalue weighted by Gasteiger charge is -2.11. The molecule has 0 heterocycles. The van der Waals surface area contributed by atoms with Gasteiger partial charge in [0.25, 0.3) is 0 Å². The Morgan fingerprint density at radius 3 is 2.65 bits per heavy atom. The number of hydrogen-bond donors (Lipinski definition) is 0. The van der Waals surface area contributed by atoms with Crippen molar-refractivity contribution in [2.45, 2.75) is 25.9 Å². The Kier molecular flexibility index (Phi) is 8.21. The van der Waals surface area contributed by atoms with E-state index in [1.54, 1.807) is 12.2 Å². The Labute approximate surface area is 101 Å². The molecule has 5 nitrogen and oxygen atoms in total. The average Bonchev–Trinajstić information content (AvgIpc) is 2.36. The molecule has 94 valence electrons. The minimum atomic E-state index is -0.736. The summed E-state index contributed by atoms with van der Waals surface area (Å²) in [5, 5.41) is 0. The van der Waals surface area contributed by atoms with Crippen LogP contribution in [0.15, 0.2) is 12.2 Å². The molecule has 0 saturated heterocycles. The fraction of sp³-hybridized carbons (Fsp3) is 0.500. The van der Waals surface area contributed by atoms with E-state index in [9.17, 15) is 9.59 Å². The van der Waals surface area contributed by atoms with Crippen LogP contribution in [-0.4, -0.2) is 31.9 Å². The van der Waals surface area contributed by atoms with Gasteiger partial charge in [-0.3, -0.25) is 0 Å². The van der Waals surface area contributed by atoms with E-state index < -0.39 is 12.1 Å². The van der Waals surface area contributed by atoms with E-state index in [1.807, 2.05) is 12.8 Å². The summed E-state index contributed by atoms with van der Waals surface area (Å²) in [5.74, 6) is 1.21. The van der Waals surface area contributed by atoms with Gasteiger partial charge in [-0.05, 0) is 6.42 Å². The number of ether oxygens (including phenoxy) is 3. The van der Waals surface area contributed by atoms with E-state index in [0.717, 1.165) is 0 Å². The molecule has 0 N–H and O–H groups in total. The minimum absolute atomic E-state index is 0.117. The van der Waals surface area contributed by atoms with Crippen molar-refractivity contribution in [2.24, 2.45) is 0 Å². The van der Waals surface area contributed by atoms with Gasteiger partial charge in [0.2, 0.25) is 0 Å². The van der Waals surface area contributed by atoms with Crippen LogP contribution in [0.4, 0.5) is 4.79 Å². The van der Waals surface area contributed by atoms with Crippen molar-refractivity contribution in [3.05, 3.63) is 12.2 Å². The Hall–Kier alpha value is -1.96. The van der Waals surface area contributed by atoms with Gasteiger partial charge in [0.15, 0.2) is 0 Å². The molecule has 1 atom stereocenters. The highest BCUT2D eigenvalue weighted by Gasteiger charge is 2.08. The van der Waals surface area contributed by atoms with E-state index >= 15 is 0 Å². The van der Waals surface area contributed by atoms with Gasteiger partial charge >= 0.3 is 12.1 Å². The lowest BCUT2D eigenvalue weighted by Crippen LogP contribution is -2.15. The maximum Gasteiger partial charge on any atom is 0.508 e.